The molecular weight excluding hydrogens is 410 g/mol. The Morgan fingerprint density at radius 2 is 1.21 bits per heavy atom. The lowest BCUT2D eigenvalue weighted by atomic mass is 10.2. The summed E-state index contributed by atoms with van der Waals surface area (Å²) in [6, 6.07) is 10.2. The lowest BCUT2D eigenvalue weighted by Gasteiger charge is -2.02. The molecule has 0 saturated carbocycles. The van der Waals surface area contributed by atoms with Gasteiger partial charge in [0.15, 0.2) is 0 Å². The molecular formula is C15H10Cl4N4S. The van der Waals surface area contributed by atoms with Crippen LogP contribution >= 0.6 is 58.6 Å². The number of nitrogens with zero attached hydrogens (tertiary/aromatic N) is 2. The summed E-state index contributed by atoms with van der Waals surface area (Å²) in [5.74, 6) is 0. The van der Waals surface area contributed by atoms with Crippen LogP contribution < -0.4 is 10.9 Å². The van der Waals surface area contributed by atoms with E-state index in [1.165, 1.54) is 12.4 Å². The molecule has 2 N–H and O–H groups in total. The Hall–Kier alpha value is -1.37. The standard InChI is InChI=1S/C15H10Cl4N4S/c16-11-3-1-9(13(18)5-11)7-20-22-15(24)23-21-8-10-2-4-12(17)6-14(10)19/h1-8H,(H2,22,23,24). The predicted octanol–water partition coefficient (Wildman–Crippen LogP) is 5.13. The molecule has 0 saturated heterocycles. The van der Waals surface area contributed by atoms with E-state index < -0.39 is 0 Å². The topological polar surface area (TPSA) is 48.8 Å². The molecule has 0 bridgehead atoms. The Kier molecular flexibility index (Phi) is 7.27. The van der Waals surface area contributed by atoms with Crippen LogP contribution in [0, 0.1) is 0 Å². The van der Waals surface area contributed by atoms with Gasteiger partial charge >= 0.3 is 0 Å². The number of rotatable bonds is 4. The summed E-state index contributed by atoms with van der Waals surface area (Å²) in [6.07, 6.45) is 3.04. The van der Waals surface area contributed by atoms with Crippen molar-refractivity contribution >= 4 is 76.2 Å². The maximum absolute atomic E-state index is 6.02. The Bertz CT molecular complexity index is 743. The minimum Gasteiger partial charge on any atom is -0.252 e. The number of hydrogen-bond acceptors (Lipinski definition) is 3. The van der Waals surface area contributed by atoms with Crippen molar-refractivity contribution in [3.8, 4) is 0 Å². The third-order valence-electron chi connectivity index (χ3n) is 2.66. The SMILES string of the molecule is S=C(NN=Cc1ccc(Cl)cc1Cl)NN=Cc1ccc(Cl)cc1Cl. The third-order valence-corrected chi connectivity index (χ3v) is 3.97. The molecule has 0 aliphatic carbocycles. The largest absolute Gasteiger partial charge is 0.252 e. The second-order valence-electron chi connectivity index (χ2n) is 4.40. The fraction of sp³-hybridized carbons (Fsp3) is 0. The number of hydrazone groups is 2. The highest BCUT2D eigenvalue weighted by Crippen LogP contribution is 2.20. The monoisotopic (exact) mass is 418 g/mol. The highest BCUT2D eigenvalue weighted by atomic mass is 35.5. The second kappa shape index (κ2) is 9.20. The van der Waals surface area contributed by atoms with E-state index in [4.69, 9.17) is 58.6 Å². The van der Waals surface area contributed by atoms with Gasteiger partial charge in [0, 0.05) is 21.2 Å². The Labute approximate surface area is 164 Å². The molecule has 4 nitrogen and oxygen atoms in total. The summed E-state index contributed by atoms with van der Waals surface area (Å²) in [7, 11) is 0. The quantitative estimate of drug-likeness (QED) is 0.410. The predicted molar refractivity (Wildman–Crippen MR) is 107 cm³/mol. The molecule has 0 radical (unpaired) electrons. The first-order valence-electron chi connectivity index (χ1n) is 6.48. The van der Waals surface area contributed by atoms with E-state index >= 15 is 0 Å². The van der Waals surface area contributed by atoms with Gasteiger partial charge in [-0.25, -0.2) is 0 Å². The van der Waals surface area contributed by atoms with Gasteiger partial charge in [-0.3, -0.25) is 10.9 Å². The van der Waals surface area contributed by atoms with Crippen LogP contribution in [0.4, 0.5) is 0 Å². The zero-order chi connectivity index (χ0) is 17.5. The van der Waals surface area contributed by atoms with Crippen LogP contribution in [0.5, 0.6) is 0 Å². The van der Waals surface area contributed by atoms with E-state index in [2.05, 4.69) is 21.1 Å². The number of hydrogen-bond donors (Lipinski definition) is 2. The lowest BCUT2D eigenvalue weighted by molar-refractivity contribution is 0.935. The van der Waals surface area contributed by atoms with E-state index in [1.807, 2.05) is 0 Å². The van der Waals surface area contributed by atoms with Gasteiger partial charge in [0.05, 0.1) is 22.5 Å². The van der Waals surface area contributed by atoms with Crippen LogP contribution in [0.15, 0.2) is 46.6 Å². The van der Waals surface area contributed by atoms with Crippen LogP contribution in [0.25, 0.3) is 0 Å². The molecule has 0 atom stereocenters. The van der Waals surface area contributed by atoms with Gasteiger partial charge in [-0.2, -0.15) is 10.2 Å². The first-order chi connectivity index (χ1) is 11.5. The molecule has 2 aromatic carbocycles. The summed E-state index contributed by atoms with van der Waals surface area (Å²) in [4.78, 5) is 0. The van der Waals surface area contributed by atoms with E-state index in [0.717, 1.165) is 0 Å². The van der Waals surface area contributed by atoms with Crippen molar-refractivity contribution in [2.24, 2.45) is 10.2 Å². The molecule has 24 heavy (non-hydrogen) atoms. The van der Waals surface area contributed by atoms with Crippen molar-refractivity contribution in [1.29, 1.82) is 0 Å². The first kappa shape index (κ1) is 19.0. The number of thiocarbonyl (C=S) groups is 1. The van der Waals surface area contributed by atoms with E-state index in [9.17, 15) is 0 Å². The number of benzene rings is 2. The van der Waals surface area contributed by atoms with Crippen LogP contribution in [-0.2, 0) is 0 Å². The molecule has 0 fully saturated rings. The van der Waals surface area contributed by atoms with Crippen molar-refractivity contribution in [1.82, 2.24) is 10.9 Å². The molecule has 2 rings (SSSR count). The van der Waals surface area contributed by atoms with Crippen LogP contribution in [-0.4, -0.2) is 17.5 Å². The smallest absolute Gasteiger partial charge is 0.207 e. The summed E-state index contributed by atoms with van der Waals surface area (Å²) in [5, 5.41) is 10.2. The van der Waals surface area contributed by atoms with E-state index in [1.54, 1.807) is 36.4 Å². The summed E-state index contributed by atoms with van der Waals surface area (Å²) in [5.41, 5.74) is 6.63. The van der Waals surface area contributed by atoms with Crippen LogP contribution in [0.3, 0.4) is 0 Å². The van der Waals surface area contributed by atoms with Crippen molar-refractivity contribution in [2.45, 2.75) is 0 Å². The first-order valence-corrected chi connectivity index (χ1v) is 8.40. The Balaban J connectivity index is 1.87. The van der Waals surface area contributed by atoms with Gasteiger partial charge in [0.2, 0.25) is 5.11 Å². The fourth-order valence-electron chi connectivity index (χ4n) is 1.56. The minimum absolute atomic E-state index is 0.206. The Morgan fingerprint density at radius 3 is 1.58 bits per heavy atom. The maximum atomic E-state index is 6.02. The zero-order valence-corrected chi connectivity index (χ0v) is 15.8. The molecule has 9 heteroatoms. The summed E-state index contributed by atoms with van der Waals surface area (Å²) < 4.78 is 0. The van der Waals surface area contributed by atoms with Crippen molar-refractivity contribution in [3.63, 3.8) is 0 Å². The van der Waals surface area contributed by atoms with Crippen molar-refractivity contribution < 1.29 is 0 Å². The van der Waals surface area contributed by atoms with E-state index in [-0.39, 0.29) is 5.11 Å². The summed E-state index contributed by atoms with van der Waals surface area (Å²) in [6.45, 7) is 0. The van der Waals surface area contributed by atoms with Crippen LogP contribution in [0.1, 0.15) is 11.1 Å². The lowest BCUT2D eigenvalue weighted by Crippen LogP contribution is -2.28. The van der Waals surface area contributed by atoms with Gasteiger partial charge in [-0.05, 0) is 36.5 Å². The maximum Gasteiger partial charge on any atom is 0.207 e. The van der Waals surface area contributed by atoms with Crippen molar-refractivity contribution in [2.75, 3.05) is 0 Å². The zero-order valence-electron chi connectivity index (χ0n) is 11.9. The molecule has 0 aromatic heterocycles. The molecule has 0 aliphatic heterocycles. The number of nitrogens with one attached hydrogen (secondary N) is 2. The minimum atomic E-state index is 0.206. The van der Waals surface area contributed by atoms with Gasteiger partial charge in [0.1, 0.15) is 0 Å². The van der Waals surface area contributed by atoms with E-state index in [0.29, 0.717) is 31.2 Å². The summed E-state index contributed by atoms with van der Waals surface area (Å²) >= 11 is 28.7. The van der Waals surface area contributed by atoms with Crippen LogP contribution in [0.2, 0.25) is 20.1 Å². The normalized spacial score (nSPS) is 11.2. The van der Waals surface area contributed by atoms with Gasteiger partial charge < -0.3 is 0 Å². The third kappa shape index (κ3) is 5.92. The highest BCUT2D eigenvalue weighted by molar-refractivity contribution is 7.80. The second-order valence-corrected chi connectivity index (χ2v) is 6.50. The average Bonchev–Trinajstić information content (AvgIpc) is 2.51. The molecule has 0 heterocycles. The Morgan fingerprint density at radius 1 is 0.792 bits per heavy atom. The number of halogens is 4. The van der Waals surface area contributed by atoms with Gasteiger partial charge in [-0.15, -0.1) is 0 Å². The average molecular weight is 420 g/mol. The van der Waals surface area contributed by atoms with Gasteiger partial charge in [-0.1, -0.05) is 58.5 Å². The van der Waals surface area contributed by atoms with Crippen molar-refractivity contribution in [3.05, 3.63) is 67.6 Å². The highest BCUT2D eigenvalue weighted by Gasteiger charge is 1.99. The molecule has 124 valence electrons. The molecule has 0 aliphatic rings. The fourth-order valence-corrected chi connectivity index (χ4v) is 2.58. The molecule has 2 aromatic rings. The molecule has 0 amide bonds. The molecule has 0 unspecified atom stereocenters. The van der Waals surface area contributed by atoms with Gasteiger partial charge in [0.25, 0.3) is 0 Å². The molecule has 0 spiro atoms.